The van der Waals surface area contributed by atoms with Crippen molar-refractivity contribution in [2.45, 2.75) is 54.8 Å². The van der Waals surface area contributed by atoms with E-state index in [-0.39, 0.29) is 63.8 Å². The molecule has 10 nitrogen and oxygen atoms in total. The van der Waals surface area contributed by atoms with Crippen LogP contribution in [0.5, 0.6) is 0 Å². The predicted octanol–water partition coefficient (Wildman–Crippen LogP) is 3.51. The van der Waals surface area contributed by atoms with Gasteiger partial charge in [0.05, 0.1) is 10.9 Å². The second kappa shape index (κ2) is 8.77. The van der Waals surface area contributed by atoms with E-state index in [4.69, 9.17) is 0 Å². The van der Waals surface area contributed by atoms with Gasteiger partial charge in [0.25, 0.3) is 15.9 Å². The fourth-order valence-electron chi connectivity index (χ4n) is 6.79. The van der Waals surface area contributed by atoms with E-state index in [0.29, 0.717) is 12.8 Å². The van der Waals surface area contributed by atoms with Crippen LogP contribution in [0.15, 0.2) is 63.1 Å². The summed E-state index contributed by atoms with van der Waals surface area (Å²) in [7, 11) is -7.96. The van der Waals surface area contributed by atoms with Gasteiger partial charge in [-0.2, -0.15) is 8.42 Å². The van der Waals surface area contributed by atoms with E-state index in [1.165, 1.54) is 30.3 Å². The molecule has 13 heteroatoms. The molecule has 4 atom stereocenters. The Balaban J connectivity index is 1.25. The fourth-order valence-corrected chi connectivity index (χ4v) is 9.32. The number of sulfonamides is 2. The summed E-state index contributed by atoms with van der Waals surface area (Å²) in [5.74, 6) is -1.34. The average Bonchev–Trinajstić information content (AvgIpc) is 3.58. The van der Waals surface area contributed by atoms with Crippen LogP contribution in [-0.4, -0.2) is 49.9 Å². The Morgan fingerprint density at radius 2 is 1.80 bits per heavy atom. The Hall–Kier alpha value is -3.45. The Kier molecular flexibility index (Phi) is 5.60. The van der Waals surface area contributed by atoms with Crippen molar-refractivity contribution in [2.24, 2.45) is 22.2 Å². The smallest absolute Gasteiger partial charge is 0.286 e. The van der Waals surface area contributed by atoms with Gasteiger partial charge in [0.2, 0.25) is 10.0 Å². The number of benzene rings is 2. The van der Waals surface area contributed by atoms with E-state index in [0.717, 1.165) is 24.8 Å². The van der Waals surface area contributed by atoms with Gasteiger partial charge in [-0.25, -0.2) is 12.8 Å². The lowest BCUT2D eigenvalue weighted by molar-refractivity contribution is -0.134. The van der Waals surface area contributed by atoms with Gasteiger partial charge in [-0.1, -0.05) is 12.1 Å². The normalized spacial score (nSPS) is 28.6. The molecule has 0 spiro atoms. The number of rotatable bonds is 6. The fraction of sp³-hybridized carbons (Fsp3) is 0.407. The molecular weight excluding hydrogens is 559 g/mol. The number of amides is 1. The number of anilines is 2. The van der Waals surface area contributed by atoms with Crippen molar-refractivity contribution in [3.8, 4) is 0 Å². The van der Waals surface area contributed by atoms with E-state index in [1.807, 2.05) is 0 Å². The maximum absolute atomic E-state index is 14.0. The van der Waals surface area contributed by atoms with Crippen LogP contribution >= 0.6 is 0 Å². The minimum Gasteiger partial charge on any atom is -0.511 e. The maximum Gasteiger partial charge on any atom is 0.286 e. The minimum absolute atomic E-state index is 0.0979. The van der Waals surface area contributed by atoms with Crippen molar-refractivity contribution in [3.05, 3.63) is 65.2 Å². The van der Waals surface area contributed by atoms with Gasteiger partial charge >= 0.3 is 0 Å². The zero-order chi connectivity index (χ0) is 28.0. The molecule has 3 saturated carbocycles. The monoisotopic (exact) mass is 586 g/mol. The van der Waals surface area contributed by atoms with E-state index >= 15 is 0 Å². The third-order valence-corrected chi connectivity index (χ3v) is 11.9. The maximum atomic E-state index is 14.0. The number of aliphatic hydroxyl groups is 1. The highest BCUT2D eigenvalue weighted by molar-refractivity contribution is 7.93. The van der Waals surface area contributed by atoms with Crippen LogP contribution in [0.1, 0.15) is 37.7 Å². The van der Waals surface area contributed by atoms with E-state index in [2.05, 4.69) is 14.4 Å². The summed E-state index contributed by atoms with van der Waals surface area (Å²) in [5, 5.41) is 13.9. The molecule has 0 aromatic heterocycles. The van der Waals surface area contributed by atoms with E-state index < -0.39 is 37.0 Å². The lowest BCUT2D eigenvalue weighted by Gasteiger charge is -2.44. The highest BCUT2D eigenvalue weighted by atomic mass is 32.2. The Bertz CT molecular complexity index is 1720. The zero-order valence-corrected chi connectivity index (χ0v) is 22.9. The molecule has 2 aliphatic heterocycles. The molecular formula is C27H27FN4O6S2. The van der Waals surface area contributed by atoms with Crippen molar-refractivity contribution < 1.29 is 31.1 Å². The van der Waals surface area contributed by atoms with Crippen LogP contribution in [0.25, 0.3) is 0 Å². The molecule has 40 heavy (non-hydrogen) atoms. The molecule has 2 unspecified atom stereocenters. The van der Waals surface area contributed by atoms with Crippen LogP contribution in [0.4, 0.5) is 15.8 Å². The number of halogens is 1. The number of fused-ring (bicyclic) bond motifs is 6. The summed E-state index contributed by atoms with van der Waals surface area (Å²) in [6, 6.07) is 9.67. The van der Waals surface area contributed by atoms with E-state index in [1.54, 1.807) is 17.0 Å². The molecule has 3 N–H and O–H groups in total. The van der Waals surface area contributed by atoms with Crippen LogP contribution in [0, 0.1) is 23.6 Å². The molecule has 3 fully saturated rings. The van der Waals surface area contributed by atoms with Gasteiger partial charge < -0.3 is 15.3 Å². The lowest BCUT2D eigenvalue weighted by Crippen LogP contribution is -2.53. The van der Waals surface area contributed by atoms with Gasteiger partial charge in [-0.05, 0) is 79.8 Å². The average molecular weight is 587 g/mol. The van der Waals surface area contributed by atoms with Gasteiger partial charge in [0, 0.05) is 24.2 Å². The first-order chi connectivity index (χ1) is 19.0. The number of hydrogen-bond donors (Lipinski definition) is 3. The number of nitrogens with one attached hydrogen (secondary N) is 2. The van der Waals surface area contributed by atoms with Crippen molar-refractivity contribution >= 4 is 43.2 Å². The number of hydrogen-bond acceptors (Lipinski definition) is 7. The number of amidine groups is 1. The number of carbonyl (C=O) groups excluding carboxylic acids is 1. The molecule has 2 heterocycles. The Labute approximate surface area is 231 Å². The van der Waals surface area contributed by atoms with Crippen LogP contribution in [0.3, 0.4) is 0 Å². The molecule has 7 rings (SSSR count). The first-order valence-electron chi connectivity index (χ1n) is 13.3. The Morgan fingerprint density at radius 1 is 1.07 bits per heavy atom. The van der Waals surface area contributed by atoms with Gasteiger partial charge in [-0.15, -0.1) is 4.40 Å². The summed E-state index contributed by atoms with van der Waals surface area (Å²) in [5.41, 5.74) is 0.742. The minimum atomic E-state index is -4.35. The molecule has 2 aromatic rings. The number of carbonyl (C=O) groups is 1. The molecule has 0 saturated heterocycles. The third-order valence-electron chi connectivity index (χ3n) is 8.73. The van der Waals surface area contributed by atoms with Gasteiger partial charge in [0.1, 0.15) is 22.0 Å². The molecule has 3 aliphatic carbocycles. The highest BCUT2D eigenvalue weighted by Gasteiger charge is 2.57. The van der Waals surface area contributed by atoms with Gasteiger partial charge in [-0.3, -0.25) is 9.52 Å². The van der Waals surface area contributed by atoms with Crippen LogP contribution < -0.4 is 10.0 Å². The predicted molar refractivity (Wildman–Crippen MR) is 145 cm³/mol. The lowest BCUT2D eigenvalue weighted by atomic mass is 9.77. The first kappa shape index (κ1) is 25.5. The summed E-state index contributed by atoms with van der Waals surface area (Å²) in [4.78, 5) is 15.4. The number of nitrogens with zero attached hydrogens (tertiary/aromatic N) is 2. The van der Waals surface area contributed by atoms with Crippen LogP contribution in [-0.2, 0) is 31.4 Å². The van der Waals surface area contributed by atoms with Crippen LogP contribution in [0.2, 0.25) is 0 Å². The van der Waals surface area contributed by atoms with Crippen molar-refractivity contribution in [2.75, 3.05) is 10.0 Å². The molecule has 0 radical (unpaired) electrons. The largest absolute Gasteiger partial charge is 0.511 e. The highest BCUT2D eigenvalue weighted by Crippen LogP contribution is 2.55. The molecule has 2 bridgehead atoms. The quantitative estimate of drug-likeness (QED) is 0.470. The third kappa shape index (κ3) is 4.09. The summed E-state index contributed by atoms with van der Waals surface area (Å²) in [6.07, 6.45) is 3.82. The molecule has 210 valence electrons. The van der Waals surface area contributed by atoms with Gasteiger partial charge in [0.15, 0.2) is 5.84 Å². The summed E-state index contributed by atoms with van der Waals surface area (Å²) >= 11 is 0. The first-order valence-corrected chi connectivity index (χ1v) is 16.3. The summed E-state index contributed by atoms with van der Waals surface area (Å²) < 4.78 is 71.1. The van der Waals surface area contributed by atoms with Crippen molar-refractivity contribution in [3.63, 3.8) is 0 Å². The SMILES string of the molecule is O=C1C(C2=NS(=O)(=O)c3cc(NS(=O)(=O)C4CC4)ccc3N2)=C(O)C2C([C@H]3CC[C@@H]2C3)N1Cc1ccc(F)cc1. The second-order valence-corrected chi connectivity index (χ2v) is 14.8. The molecule has 2 aromatic carbocycles. The van der Waals surface area contributed by atoms with Crippen molar-refractivity contribution in [1.82, 2.24) is 4.90 Å². The Morgan fingerprint density at radius 3 is 2.52 bits per heavy atom. The van der Waals surface area contributed by atoms with Crippen molar-refractivity contribution in [1.29, 1.82) is 0 Å². The molecule has 1 amide bonds. The van der Waals surface area contributed by atoms with E-state index in [9.17, 15) is 31.1 Å². The zero-order valence-electron chi connectivity index (χ0n) is 21.2. The number of aliphatic hydroxyl groups excluding tert-OH is 1. The topological polar surface area (TPSA) is 145 Å². The second-order valence-electron chi connectivity index (χ2n) is 11.3. The standard InChI is InChI=1S/C27H27FN4O6S2/c28-17-5-1-14(2-6-17)13-32-24-16-4-3-15(11-16)22(24)25(33)23(27(32)34)26-29-20-10-7-18(12-21(20)40(37,38)31-26)30-39(35,36)19-8-9-19/h1-2,5-7,10,12,15-16,19,22,24,30,33H,3-4,8-9,11,13H2,(H,29,31)/t15-,16+,22?,24?/m1/s1. The molecule has 5 aliphatic rings. The summed E-state index contributed by atoms with van der Waals surface area (Å²) in [6.45, 7) is 0.182.